The first-order valence-electron chi connectivity index (χ1n) is 10.1. The Labute approximate surface area is 192 Å². The van der Waals surface area contributed by atoms with Gasteiger partial charge in [0.15, 0.2) is 11.5 Å². The van der Waals surface area contributed by atoms with Crippen molar-refractivity contribution in [2.24, 2.45) is 0 Å². The molecule has 8 nitrogen and oxygen atoms in total. The number of rotatable bonds is 8. The Morgan fingerprint density at radius 3 is 2.15 bits per heavy atom. The average Bonchev–Trinajstić information content (AvgIpc) is 3.19. The number of hydrogen-bond acceptors (Lipinski definition) is 6. The number of aromatic amines is 1. The molecule has 3 aromatic carbocycles. The third-order valence-corrected chi connectivity index (χ3v) is 5.68. The Kier molecular flexibility index (Phi) is 6.06. The fourth-order valence-corrected chi connectivity index (χ4v) is 4.29. The molecule has 0 radical (unpaired) electrons. The van der Waals surface area contributed by atoms with E-state index in [1.165, 1.54) is 0 Å². The lowest BCUT2D eigenvalue weighted by atomic mass is 10.0. The zero-order valence-electron chi connectivity index (χ0n) is 18.7. The molecule has 0 atom stereocenters. The van der Waals surface area contributed by atoms with Crippen molar-refractivity contribution in [2.75, 3.05) is 37.6 Å². The van der Waals surface area contributed by atoms with Crippen LogP contribution in [0.1, 0.15) is 0 Å². The van der Waals surface area contributed by atoms with Crippen LogP contribution in [0, 0.1) is 0 Å². The molecule has 0 aliphatic rings. The number of aromatic nitrogens is 1. The minimum Gasteiger partial charge on any atom is -0.493 e. The molecule has 9 heteroatoms. The summed E-state index contributed by atoms with van der Waals surface area (Å²) in [6.45, 7) is 0. The molecule has 0 amide bonds. The van der Waals surface area contributed by atoms with Gasteiger partial charge in [-0.05, 0) is 23.8 Å². The van der Waals surface area contributed by atoms with Crippen molar-refractivity contribution in [3.63, 3.8) is 0 Å². The normalized spacial score (nSPS) is 11.3. The molecule has 4 rings (SSSR count). The lowest BCUT2D eigenvalue weighted by molar-refractivity contribution is 0.324. The van der Waals surface area contributed by atoms with Gasteiger partial charge in [-0.15, -0.1) is 0 Å². The maximum absolute atomic E-state index is 11.6. The van der Waals surface area contributed by atoms with Crippen molar-refractivity contribution in [3.05, 3.63) is 60.7 Å². The third kappa shape index (κ3) is 4.83. The SMILES string of the molecule is COc1cc(Nc2cc3cccc(-c4cccc(NS(C)(=O)=O)c4)c3[nH]2)cc(OC)c1OC. The van der Waals surface area contributed by atoms with Crippen LogP contribution in [-0.2, 0) is 10.0 Å². The Morgan fingerprint density at radius 2 is 1.52 bits per heavy atom. The van der Waals surface area contributed by atoms with Gasteiger partial charge >= 0.3 is 0 Å². The van der Waals surface area contributed by atoms with Crippen LogP contribution in [0.3, 0.4) is 0 Å². The fourth-order valence-electron chi connectivity index (χ4n) is 3.74. The van der Waals surface area contributed by atoms with Crippen molar-refractivity contribution in [1.82, 2.24) is 4.98 Å². The Balaban J connectivity index is 1.71. The van der Waals surface area contributed by atoms with Crippen molar-refractivity contribution < 1.29 is 22.6 Å². The van der Waals surface area contributed by atoms with E-state index >= 15 is 0 Å². The van der Waals surface area contributed by atoms with Crippen molar-refractivity contribution in [1.29, 1.82) is 0 Å². The van der Waals surface area contributed by atoms with Gasteiger partial charge in [-0.2, -0.15) is 0 Å². The maximum Gasteiger partial charge on any atom is 0.229 e. The van der Waals surface area contributed by atoms with E-state index in [0.717, 1.165) is 39.8 Å². The van der Waals surface area contributed by atoms with Gasteiger partial charge in [0.2, 0.25) is 15.8 Å². The number of fused-ring (bicyclic) bond motifs is 1. The van der Waals surface area contributed by atoms with E-state index in [4.69, 9.17) is 14.2 Å². The molecule has 0 bridgehead atoms. The molecule has 0 fully saturated rings. The number of hydrogen-bond donors (Lipinski definition) is 3. The zero-order chi connectivity index (χ0) is 23.6. The van der Waals surface area contributed by atoms with E-state index in [1.54, 1.807) is 27.4 Å². The molecule has 3 N–H and O–H groups in total. The predicted octanol–water partition coefficient (Wildman–Crippen LogP) is 4.98. The van der Waals surface area contributed by atoms with Gasteiger partial charge in [-0.1, -0.05) is 30.3 Å². The number of methoxy groups -OCH3 is 3. The highest BCUT2D eigenvalue weighted by Crippen LogP contribution is 2.41. The van der Waals surface area contributed by atoms with Crippen molar-refractivity contribution >= 4 is 38.1 Å². The van der Waals surface area contributed by atoms with E-state index in [1.807, 2.05) is 54.6 Å². The summed E-state index contributed by atoms with van der Waals surface area (Å²) in [5, 5.41) is 4.36. The van der Waals surface area contributed by atoms with Crippen molar-refractivity contribution in [3.8, 4) is 28.4 Å². The standard InChI is InChI=1S/C24H25N3O5S/c1-30-20-13-18(14-21(31-2)24(20)32-3)25-22-12-16-8-6-10-19(23(16)26-22)15-7-5-9-17(11-15)27-33(4,28)29/h5-14,25-27H,1-4H3. The average molecular weight is 468 g/mol. The maximum atomic E-state index is 11.6. The summed E-state index contributed by atoms with van der Waals surface area (Å²) in [4.78, 5) is 3.42. The van der Waals surface area contributed by atoms with Gasteiger partial charge < -0.3 is 24.5 Å². The zero-order valence-corrected chi connectivity index (χ0v) is 19.5. The number of nitrogens with one attached hydrogen (secondary N) is 3. The quantitative estimate of drug-likeness (QED) is 0.338. The number of H-pyrrole nitrogens is 1. The Morgan fingerprint density at radius 1 is 0.818 bits per heavy atom. The Bertz CT molecular complexity index is 1390. The summed E-state index contributed by atoms with van der Waals surface area (Å²) in [7, 11) is 1.34. The highest BCUT2D eigenvalue weighted by Gasteiger charge is 2.14. The van der Waals surface area contributed by atoms with Crippen LogP contribution in [0.2, 0.25) is 0 Å². The molecule has 0 aliphatic heterocycles. The molecule has 0 saturated carbocycles. The van der Waals surface area contributed by atoms with E-state index < -0.39 is 10.0 Å². The van der Waals surface area contributed by atoms with Crippen LogP contribution in [0.4, 0.5) is 17.2 Å². The Hall–Kier alpha value is -3.85. The summed E-state index contributed by atoms with van der Waals surface area (Å²) in [6, 6.07) is 18.9. The summed E-state index contributed by atoms with van der Waals surface area (Å²) in [6.07, 6.45) is 1.13. The molecule has 1 heterocycles. The van der Waals surface area contributed by atoms with E-state index in [-0.39, 0.29) is 0 Å². The topological polar surface area (TPSA) is 102 Å². The molecule has 33 heavy (non-hydrogen) atoms. The van der Waals surface area contributed by atoms with Crippen LogP contribution < -0.4 is 24.2 Å². The summed E-state index contributed by atoms with van der Waals surface area (Å²) >= 11 is 0. The van der Waals surface area contributed by atoms with Crippen LogP contribution in [-0.4, -0.2) is 41.0 Å². The lowest BCUT2D eigenvalue weighted by Gasteiger charge is -2.14. The molecule has 0 spiro atoms. The number of para-hydroxylation sites is 1. The smallest absolute Gasteiger partial charge is 0.229 e. The first kappa shape index (κ1) is 22.3. The van der Waals surface area contributed by atoms with Crippen LogP contribution in [0.15, 0.2) is 60.7 Å². The summed E-state index contributed by atoms with van der Waals surface area (Å²) in [5.41, 5.74) is 4.02. The second-order valence-electron chi connectivity index (χ2n) is 7.45. The number of benzene rings is 3. The van der Waals surface area contributed by atoms with Crippen LogP contribution >= 0.6 is 0 Å². The minimum atomic E-state index is -3.36. The second-order valence-corrected chi connectivity index (χ2v) is 9.20. The highest BCUT2D eigenvalue weighted by molar-refractivity contribution is 7.92. The highest BCUT2D eigenvalue weighted by atomic mass is 32.2. The van der Waals surface area contributed by atoms with Crippen molar-refractivity contribution in [2.45, 2.75) is 0 Å². The largest absolute Gasteiger partial charge is 0.493 e. The van der Waals surface area contributed by atoms with Gasteiger partial charge in [-0.25, -0.2) is 8.42 Å². The predicted molar refractivity (Wildman–Crippen MR) is 132 cm³/mol. The van der Waals surface area contributed by atoms with E-state index in [2.05, 4.69) is 15.0 Å². The molecule has 0 aliphatic carbocycles. The fraction of sp³-hybridized carbons (Fsp3) is 0.167. The van der Waals surface area contributed by atoms with Crippen LogP contribution in [0.5, 0.6) is 17.2 Å². The van der Waals surface area contributed by atoms with E-state index in [9.17, 15) is 8.42 Å². The number of sulfonamides is 1. The minimum absolute atomic E-state index is 0.509. The first-order valence-corrected chi connectivity index (χ1v) is 12.0. The van der Waals surface area contributed by atoms with Gasteiger partial charge in [0.1, 0.15) is 5.82 Å². The monoisotopic (exact) mass is 467 g/mol. The summed E-state index contributed by atoms with van der Waals surface area (Å²) < 4.78 is 42.0. The molecule has 1 aromatic heterocycles. The molecular formula is C24H25N3O5S. The van der Waals surface area contributed by atoms with Crippen LogP contribution in [0.25, 0.3) is 22.0 Å². The molecule has 0 saturated heterocycles. The van der Waals surface area contributed by atoms with Gasteiger partial charge in [0.05, 0.1) is 33.1 Å². The molecule has 4 aromatic rings. The van der Waals surface area contributed by atoms with E-state index in [0.29, 0.717) is 22.9 Å². The molecule has 172 valence electrons. The molecule has 0 unspecified atom stereocenters. The van der Waals surface area contributed by atoms with Gasteiger partial charge in [0.25, 0.3) is 0 Å². The summed E-state index contributed by atoms with van der Waals surface area (Å²) in [5.74, 6) is 2.39. The second kappa shape index (κ2) is 8.95. The first-order chi connectivity index (χ1) is 15.8. The van der Waals surface area contributed by atoms with Gasteiger partial charge in [0, 0.05) is 34.5 Å². The molecular weight excluding hydrogens is 442 g/mol. The van der Waals surface area contributed by atoms with Gasteiger partial charge in [-0.3, -0.25) is 4.72 Å². The lowest BCUT2D eigenvalue weighted by Crippen LogP contribution is -2.09. The third-order valence-electron chi connectivity index (χ3n) is 5.08. The number of anilines is 3. The number of ether oxygens (including phenoxy) is 3.